The van der Waals surface area contributed by atoms with Gasteiger partial charge in [-0.05, 0) is 20.8 Å². The third kappa shape index (κ3) is 6.87. The van der Waals surface area contributed by atoms with E-state index in [-0.39, 0.29) is 12.4 Å². The lowest BCUT2D eigenvalue weighted by Gasteiger charge is -2.29. The molecule has 5 heteroatoms. The molecule has 92 valence electrons. The predicted molar refractivity (Wildman–Crippen MR) is 63.1 cm³/mol. The van der Waals surface area contributed by atoms with E-state index in [9.17, 15) is 0 Å². The Hall–Kier alpha value is -0.130. The molecule has 0 bridgehead atoms. The van der Waals surface area contributed by atoms with Crippen LogP contribution in [-0.2, 0) is 14.2 Å². The lowest BCUT2D eigenvalue weighted by atomic mass is 10.4. The van der Waals surface area contributed by atoms with Crippen molar-refractivity contribution < 1.29 is 14.2 Å². The van der Waals surface area contributed by atoms with Crippen molar-refractivity contribution in [1.29, 1.82) is 0 Å². The summed E-state index contributed by atoms with van der Waals surface area (Å²) in [5, 5.41) is 0. The van der Waals surface area contributed by atoms with Gasteiger partial charge in [0.25, 0.3) is 0 Å². The summed E-state index contributed by atoms with van der Waals surface area (Å²) in [5.74, 6) is -1.06. The minimum Gasteiger partial charge on any atom is -0.327 e. The summed E-state index contributed by atoms with van der Waals surface area (Å²) < 4.78 is 16.3. The summed E-state index contributed by atoms with van der Waals surface area (Å²) >= 11 is 0. The number of nitrogens with two attached hydrogens (primary N) is 1. The lowest BCUT2D eigenvalue weighted by Crippen LogP contribution is -2.37. The molecule has 0 atom stereocenters. The predicted octanol–water partition coefficient (Wildman–Crippen LogP) is 1.69. The van der Waals surface area contributed by atoms with Gasteiger partial charge < -0.3 is 19.9 Å². The van der Waals surface area contributed by atoms with Crippen molar-refractivity contribution in [3.8, 4) is 0 Å². The minimum atomic E-state index is -1.06. The highest BCUT2D eigenvalue weighted by molar-refractivity contribution is 5.85. The van der Waals surface area contributed by atoms with Crippen LogP contribution in [0.1, 0.15) is 20.8 Å². The molecule has 0 aliphatic rings. The summed E-state index contributed by atoms with van der Waals surface area (Å²) in [7, 11) is 0. The maximum atomic E-state index is 5.43. The molecule has 15 heavy (non-hydrogen) atoms. The molecule has 0 aliphatic carbocycles. The highest BCUT2D eigenvalue weighted by Crippen LogP contribution is 2.17. The van der Waals surface area contributed by atoms with Crippen LogP contribution in [0.4, 0.5) is 0 Å². The van der Waals surface area contributed by atoms with Gasteiger partial charge in [-0.1, -0.05) is 6.08 Å². The molecule has 0 aromatic heterocycles. The van der Waals surface area contributed by atoms with Crippen molar-refractivity contribution in [2.24, 2.45) is 5.73 Å². The first-order valence-electron chi connectivity index (χ1n) is 5.04. The van der Waals surface area contributed by atoms with Crippen LogP contribution < -0.4 is 5.73 Å². The van der Waals surface area contributed by atoms with Gasteiger partial charge in [0.05, 0.1) is 0 Å². The van der Waals surface area contributed by atoms with E-state index in [1.54, 1.807) is 12.2 Å². The normalized spacial score (nSPS) is 11.7. The SMILES string of the molecule is CCOC(/C=C/CN)(OCC)OCC.Cl. The van der Waals surface area contributed by atoms with Crippen LogP contribution in [0.5, 0.6) is 0 Å². The maximum absolute atomic E-state index is 5.43. The molecule has 0 aliphatic heterocycles. The third-order valence-electron chi connectivity index (χ3n) is 1.49. The van der Waals surface area contributed by atoms with Gasteiger partial charge in [0, 0.05) is 32.4 Å². The summed E-state index contributed by atoms with van der Waals surface area (Å²) in [6, 6.07) is 0. The standard InChI is InChI=1S/C10H21NO3.ClH/c1-4-12-10(13-5-2,14-6-3)8-7-9-11;/h7-8H,4-6,9,11H2,1-3H3;1H/b8-7+;. The molecule has 0 amide bonds. The molecule has 0 spiro atoms. The summed E-state index contributed by atoms with van der Waals surface area (Å²) in [5.41, 5.74) is 5.37. The fourth-order valence-corrected chi connectivity index (χ4v) is 1.09. The molecule has 2 N–H and O–H groups in total. The average molecular weight is 240 g/mol. The molecule has 0 saturated heterocycles. The zero-order valence-corrected chi connectivity index (χ0v) is 10.5. The van der Waals surface area contributed by atoms with Crippen molar-refractivity contribution in [3.63, 3.8) is 0 Å². The average Bonchev–Trinajstić information content (AvgIpc) is 2.16. The first kappa shape index (κ1) is 17.3. The Balaban J connectivity index is 0. The second-order valence-electron chi connectivity index (χ2n) is 2.54. The van der Waals surface area contributed by atoms with Gasteiger partial charge in [0.15, 0.2) is 0 Å². The smallest absolute Gasteiger partial charge is 0.304 e. The quantitative estimate of drug-likeness (QED) is 0.517. The molecule has 0 aromatic rings. The number of halogens is 1. The Morgan fingerprint density at radius 2 is 1.40 bits per heavy atom. The Labute approximate surface area is 98.2 Å². The van der Waals surface area contributed by atoms with Crippen LogP contribution in [0.15, 0.2) is 12.2 Å². The molecule has 0 heterocycles. The first-order valence-corrected chi connectivity index (χ1v) is 5.04. The minimum absolute atomic E-state index is 0. The Morgan fingerprint density at radius 3 is 1.67 bits per heavy atom. The molecule has 0 fully saturated rings. The van der Waals surface area contributed by atoms with Gasteiger partial charge in [0.2, 0.25) is 0 Å². The zero-order valence-electron chi connectivity index (χ0n) is 9.69. The van der Waals surface area contributed by atoms with Crippen LogP contribution in [0.3, 0.4) is 0 Å². The van der Waals surface area contributed by atoms with Gasteiger partial charge in [-0.15, -0.1) is 12.4 Å². The lowest BCUT2D eigenvalue weighted by molar-refractivity contribution is -0.345. The fraction of sp³-hybridized carbons (Fsp3) is 0.800. The van der Waals surface area contributed by atoms with Crippen LogP contribution >= 0.6 is 12.4 Å². The van der Waals surface area contributed by atoms with Gasteiger partial charge in [-0.3, -0.25) is 0 Å². The highest BCUT2D eigenvalue weighted by Gasteiger charge is 2.28. The van der Waals surface area contributed by atoms with Crippen molar-refractivity contribution in [2.75, 3.05) is 26.4 Å². The van der Waals surface area contributed by atoms with E-state index in [1.807, 2.05) is 20.8 Å². The second kappa shape index (κ2) is 10.4. The van der Waals surface area contributed by atoms with E-state index in [1.165, 1.54) is 0 Å². The van der Waals surface area contributed by atoms with Gasteiger partial charge >= 0.3 is 5.97 Å². The molecule has 0 rings (SSSR count). The number of hydrogen-bond donors (Lipinski definition) is 1. The fourth-order valence-electron chi connectivity index (χ4n) is 1.09. The van der Waals surface area contributed by atoms with Gasteiger partial charge in [-0.25, -0.2) is 0 Å². The van der Waals surface area contributed by atoms with Gasteiger partial charge in [-0.2, -0.15) is 0 Å². The summed E-state index contributed by atoms with van der Waals surface area (Å²) in [6.45, 7) is 7.68. The first-order chi connectivity index (χ1) is 6.74. The van der Waals surface area contributed by atoms with E-state index in [0.717, 1.165) is 0 Å². The summed E-state index contributed by atoms with van der Waals surface area (Å²) in [6.07, 6.45) is 3.48. The highest BCUT2D eigenvalue weighted by atomic mass is 35.5. The number of rotatable bonds is 8. The second-order valence-corrected chi connectivity index (χ2v) is 2.54. The van der Waals surface area contributed by atoms with Crippen LogP contribution in [0.2, 0.25) is 0 Å². The Morgan fingerprint density at radius 1 is 1.00 bits per heavy atom. The molecular formula is C10H22ClNO3. The van der Waals surface area contributed by atoms with E-state index in [4.69, 9.17) is 19.9 Å². The van der Waals surface area contributed by atoms with Crippen molar-refractivity contribution in [1.82, 2.24) is 0 Å². The monoisotopic (exact) mass is 239 g/mol. The zero-order chi connectivity index (χ0) is 10.9. The topological polar surface area (TPSA) is 53.7 Å². The van der Waals surface area contributed by atoms with E-state index < -0.39 is 5.97 Å². The molecule has 4 nitrogen and oxygen atoms in total. The van der Waals surface area contributed by atoms with Crippen molar-refractivity contribution >= 4 is 12.4 Å². The largest absolute Gasteiger partial charge is 0.327 e. The van der Waals surface area contributed by atoms with Crippen LogP contribution in [0.25, 0.3) is 0 Å². The Kier molecular flexibility index (Phi) is 12.0. The van der Waals surface area contributed by atoms with Crippen molar-refractivity contribution in [3.05, 3.63) is 12.2 Å². The molecule has 0 radical (unpaired) electrons. The third-order valence-corrected chi connectivity index (χ3v) is 1.49. The van der Waals surface area contributed by atoms with Crippen molar-refractivity contribution in [2.45, 2.75) is 26.7 Å². The molecule has 0 aromatic carbocycles. The van der Waals surface area contributed by atoms with E-state index >= 15 is 0 Å². The van der Waals surface area contributed by atoms with Crippen LogP contribution in [0, 0.1) is 0 Å². The number of hydrogen-bond acceptors (Lipinski definition) is 4. The summed E-state index contributed by atoms with van der Waals surface area (Å²) in [4.78, 5) is 0. The molecule has 0 saturated carbocycles. The maximum Gasteiger partial charge on any atom is 0.304 e. The number of ether oxygens (including phenoxy) is 3. The van der Waals surface area contributed by atoms with E-state index in [0.29, 0.717) is 26.4 Å². The molecule has 0 unspecified atom stereocenters. The van der Waals surface area contributed by atoms with E-state index in [2.05, 4.69) is 0 Å². The van der Waals surface area contributed by atoms with Crippen LogP contribution in [-0.4, -0.2) is 32.3 Å². The Bertz CT molecular complexity index is 148. The van der Waals surface area contributed by atoms with Gasteiger partial charge in [0.1, 0.15) is 0 Å². The molecular weight excluding hydrogens is 218 g/mol.